The number of hydrazine groups is 1. The van der Waals surface area contributed by atoms with Crippen molar-refractivity contribution in [2.75, 3.05) is 0 Å². The Balaban J connectivity index is 0. The number of nitrogens with two attached hydrogens (primary N) is 1. The first-order chi connectivity index (χ1) is 5.85. The van der Waals surface area contributed by atoms with Gasteiger partial charge in [-0.1, -0.05) is 39.5 Å². The van der Waals surface area contributed by atoms with Gasteiger partial charge in [-0.25, -0.2) is 0 Å². The lowest BCUT2D eigenvalue weighted by atomic mass is 10.3. The summed E-state index contributed by atoms with van der Waals surface area (Å²) in [7, 11) is 0. The molecular weight excluding hydrogens is 148 g/mol. The van der Waals surface area contributed by atoms with Crippen LogP contribution in [0.5, 0.6) is 0 Å². The van der Waals surface area contributed by atoms with Crippen LogP contribution in [0.3, 0.4) is 0 Å². The zero-order valence-electron chi connectivity index (χ0n) is 8.30. The first-order valence-corrected chi connectivity index (χ1v) is 4.31. The van der Waals surface area contributed by atoms with Crippen molar-refractivity contribution < 1.29 is 0 Å². The van der Waals surface area contributed by atoms with E-state index in [2.05, 4.69) is 18.9 Å². The Morgan fingerprint density at radius 1 is 1.50 bits per heavy atom. The van der Waals surface area contributed by atoms with Crippen molar-refractivity contribution >= 4 is 0 Å². The molecule has 0 spiro atoms. The van der Waals surface area contributed by atoms with Gasteiger partial charge in [0.2, 0.25) is 0 Å². The van der Waals surface area contributed by atoms with Crippen LogP contribution in [0.15, 0.2) is 36.6 Å². The van der Waals surface area contributed by atoms with Crippen molar-refractivity contribution in [3.8, 4) is 0 Å². The molecule has 0 heterocycles. The van der Waals surface area contributed by atoms with E-state index in [1.807, 2.05) is 32.1 Å². The van der Waals surface area contributed by atoms with E-state index in [1.54, 1.807) is 6.08 Å². The Kier molecular flexibility index (Phi) is 14.3. The van der Waals surface area contributed by atoms with Crippen molar-refractivity contribution in [3.05, 3.63) is 36.6 Å². The van der Waals surface area contributed by atoms with Crippen molar-refractivity contribution in [1.82, 2.24) is 5.43 Å². The molecule has 0 fully saturated rings. The molecule has 0 bridgehead atoms. The van der Waals surface area contributed by atoms with E-state index in [0.29, 0.717) is 0 Å². The molecule has 0 aromatic heterocycles. The first-order valence-electron chi connectivity index (χ1n) is 4.31. The van der Waals surface area contributed by atoms with Crippen molar-refractivity contribution in [1.29, 1.82) is 0 Å². The van der Waals surface area contributed by atoms with E-state index in [4.69, 9.17) is 5.84 Å². The zero-order chi connectivity index (χ0) is 9.82. The molecule has 0 aromatic carbocycles. The number of hydrogen-bond acceptors (Lipinski definition) is 2. The summed E-state index contributed by atoms with van der Waals surface area (Å²) >= 11 is 0. The Labute approximate surface area is 75.8 Å². The summed E-state index contributed by atoms with van der Waals surface area (Å²) in [6, 6.07) is 0. The molecule has 12 heavy (non-hydrogen) atoms. The van der Waals surface area contributed by atoms with Gasteiger partial charge >= 0.3 is 0 Å². The van der Waals surface area contributed by atoms with Crippen LogP contribution in [0.2, 0.25) is 0 Å². The Morgan fingerprint density at radius 2 is 2.08 bits per heavy atom. The molecule has 2 heteroatoms. The van der Waals surface area contributed by atoms with Gasteiger partial charge in [0.25, 0.3) is 0 Å². The molecule has 0 aliphatic rings. The molecule has 2 nitrogen and oxygen atoms in total. The molecule has 3 N–H and O–H groups in total. The molecule has 0 rings (SSSR count). The van der Waals surface area contributed by atoms with Gasteiger partial charge in [-0.3, -0.25) is 5.84 Å². The lowest BCUT2D eigenvalue weighted by Crippen LogP contribution is -2.19. The van der Waals surface area contributed by atoms with Crippen LogP contribution in [-0.4, -0.2) is 0 Å². The lowest BCUT2D eigenvalue weighted by molar-refractivity contribution is 0.914. The fourth-order valence-electron chi connectivity index (χ4n) is 0.524. The highest BCUT2D eigenvalue weighted by Gasteiger charge is 1.80. The van der Waals surface area contributed by atoms with Gasteiger partial charge in [0.1, 0.15) is 0 Å². The Hall–Kier alpha value is -1.02. The zero-order valence-corrected chi connectivity index (χ0v) is 8.30. The molecule has 0 unspecified atom stereocenters. The maximum atomic E-state index is 5.18. The van der Waals surface area contributed by atoms with E-state index in [-0.39, 0.29) is 0 Å². The largest absolute Gasteiger partial charge is 0.324 e. The number of hydrogen-bond donors (Lipinski definition) is 2. The van der Waals surface area contributed by atoms with Crippen molar-refractivity contribution in [2.45, 2.75) is 27.2 Å². The predicted octanol–water partition coefficient (Wildman–Crippen LogP) is 2.51. The average molecular weight is 168 g/mol. The topological polar surface area (TPSA) is 38.0 Å². The SMILES string of the molecule is C=C/C=C(\C=C/CC)NN.CC. The smallest absolute Gasteiger partial charge is 0.0481 e. The second-order valence-electron chi connectivity index (χ2n) is 1.81. The predicted molar refractivity (Wildman–Crippen MR) is 56.4 cm³/mol. The molecular formula is C10H20N2. The number of rotatable bonds is 4. The third kappa shape index (κ3) is 8.98. The van der Waals surface area contributed by atoms with Crippen molar-refractivity contribution in [3.63, 3.8) is 0 Å². The molecule has 0 saturated carbocycles. The Morgan fingerprint density at radius 3 is 2.42 bits per heavy atom. The third-order valence-corrected chi connectivity index (χ3v) is 0.997. The second kappa shape index (κ2) is 12.6. The standard InChI is InChI=1S/C8H14N2.C2H6/c1-3-5-7-8(10-9)6-4-2;1-2/h4-7,10H,2-3,9H2,1H3;1-2H3/b7-5-,8-6+;. The van der Waals surface area contributed by atoms with Gasteiger partial charge in [0.15, 0.2) is 0 Å². The molecule has 0 radical (unpaired) electrons. The van der Waals surface area contributed by atoms with Crippen LogP contribution in [-0.2, 0) is 0 Å². The third-order valence-electron chi connectivity index (χ3n) is 0.997. The molecule has 0 amide bonds. The Bertz CT molecular complexity index is 146. The molecule has 0 aliphatic heterocycles. The summed E-state index contributed by atoms with van der Waals surface area (Å²) in [6.07, 6.45) is 8.45. The second-order valence-corrected chi connectivity index (χ2v) is 1.81. The van der Waals surface area contributed by atoms with Gasteiger partial charge in [-0.2, -0.15) is 0 Å². The van der Waals surface area contributed by atoms with Crippen LogP contribution < -0.4 is 11.3 Å². The molecule has 0 aromatic rings. The summed E-state index contributed by atoms with van der Waals surface area (Å²) in [6.45, 7) is 9.62. The van der Waals surface area contributed by atoms with E-state index in [9.17, 15) is 0 Å². The summed E-state index contributed by atoms with van der Waals surface area (Å²) < 4.78 is 0. The van der Waals surface area contributed by atoms with Crippen LogP contribution in [0.1, 0.15) is 27.2 Å². The normalized spacial score (nSPS) is 10.5. The first kappa shape index (κ1) is 13.6. The summed E-state index contributed by atoms with van der Waals surface area (Å²) in [5.74, 6) is 5.18. The van der Waals surface area contributed by atoms with E-state index < -0.39 is 0 Å². The highest BCUT2D eigenvalue weighted by Crippen LogP contribution is 1.91. The summed E-state index contributed by atoms with van der Waals surface area (Å²) in [4.78, 5) is 0. The average Bonchev–Trinajstić information content (AvgIpc) is 2.15. The van der Waals surface area contributed by atoms with Crippen LogP contribution in [0.25, 0.3) is 0 Å². The van der Waals surface area contributed by atoms with E-state index in [0.717, 1.165) is 12.1 Å². The minimum absolute atomic E-state index is 0.872. The van der Waals surface area contributed by atoms with E-state index in [1.165, 1.54) is 0 Å². The fourth-order valence-corrected chi connectivity index (χ4v) is 0.524. The quantitative estimate of drug-likeness (QED) is 0.384. The van der Waals surface area contributed by atoms with Gasteiger partial charge in [-0.15, -0.1) is 0 Å². The van der Waals surface area contributed by atoms with Gasteiger partial charge in [0, 0.05) is 5.70 Å². The monoisotopic (exact) mass is 168 g/mol. The highest BCUT2D eigenvalue weighted by atomic mass is 15.2. The lowest BCUT2D eigenvalue weighted by Gasteiger charge is -1.96. The summed E-state index contributed by atoms with van der Waals surface area (Å²) in [5, 5.41) is 0. The molecule has 0 atom stereocenters. The minimum Gasteiger partial charge on any atom is -0.324 e. The fraction of sp³-hybridized carbons (Fsp3) is 0.400. The maximum absolute atomic E-state index is 5.18. The van der Waals surface area contributed by atoms with Gasteiger partial charge in [0.05, 0.1) is 0 Å². The van der Waals surface area contributed by atoms with Crippen LogP contribution >= 0.6 is 0 Å². The highest BCUT2D eigenvalue weighted by molar-refractivity contribution is 5.20. The van der Waals surface area contributed by atoms with Crippen LogP contribution in [0.4, 0.5) is 0 Å². The van der Waals surface area contributed by atoms with Gasteiger partial charge < -0.3 is 5.43 Å². The summed E-state index contributed by atoms with van der Waals surface area (Å²) in [5.41, 5.74) is 3.41. The minimum atomic E-state index is 0.872. The molecule has 70 valence electrons. The molecule has 0 aliphatic carbocycles. The van der Waals surface area contributed by atoms with E-state index >= 15 is 0 Å². The number of nitrogens with one attached hydrogen (secondary N) is 1. The van der Waals surface area contributed by atoms with Crippen LogP contribution in [0, 0.1) is 0 Å². The molecule has 0 saturated heterocycles. The van der Waals surface area contributed by atoms with Crippen molar-refractivity contribution in [2.24, 2.45) is 5.84 Å². The van der Waals surface area contributed by atoms with Gasteiger partial charge in [-0.05, 0) is 18.6 Å². The number of allylic oxidation sites excluding steroid dienone is 4. The maximum Gasteiger partial charge on any atom is 0.0481 e.